The predicted octanol–water partition coefficient (Wildman–Crippen LogP) is 2.37. The lowest BCUT2D eigenvalue weighted by molar-refractivity contribution is -0.147. The lowest BCUT2D eigenvalue weighted by Crippen LogP contribution is -2.44. The first-order chi connectivity index (χ1) is 8.85. The van der Waals surface area contributed by atoms with Crippen LogP contribution in [0.1, 0.15) is 52.4 Å². The van der Waals surface area contributed by atoms with Crippen LogP contribution in [0.25, 0.3) is 0 Å². The molecule has 5 heteroatoms. The Morgan fingerprint density at radius 3 is 2.63 bits per heavy atom. The summed E-state index contributed by atoms with van der Waals surface area (Å²) >= 11 is 0. The SMILES string of the molecule is CCS(=O)(=O)CCCC(=O)C1(OC)CCCC(C)C1. The molecule has 0 aliphatic heterocycles. The van der Waals surface area contributed by atoms with Crippen LogP contribution < -0.4 is 0 Å². The van der Waals surface area contributed by atoms with Gasteiger partial charge in [-0.3, -0.25) is 4.79 Å². The average Bonchev–Trinajstić information content (AvgIpc) is 2.38. The van der Waals surface area contributed by atoms with Gasteiger partial charge in [-0.05, 0) is 31.6 Å². The second-order valence-electron chi connectivity index (χ2n) is 5.66. The minimum absolute atomic E-state index is 0.0767. The lowest BCUT2D eigenvalue weighted by atomic mass is 9.75. The zero-order valence-corrected chi connectivity index (χ0v) is 13.1. The van der Waals surface area contributed by atoms with Crippen molar-refractivity contribution in [2.45, 2.75) is 58.0 Å². The van der Waals surface area contributed by atoms with Gasteiger partial charge in [0.1, 0.15) is 15.4 Å². The molecule has 0 aromatic heterocycles. The lowest BCUT2D eigenvalue weighted by Gasteiger charge is -2.37. The van der Waals surface area contributed by atoms with Gasteiger partial charge in [0.25, 0.3) is 0 Å². The van der Waals surface area contributed by atoms with Crippen molar-refractivity contribution in [2.24, 2.45) is 5.92 Å². The van der Waals surface area contributed by atoms with E-state index in [4.69, 9.17) is 4.74 Å². The molecule has 1 rings (SSSR count). The Hall–Kier alpha value is -0.420. The standard InChI is InChI=1S/C14H26O4S/c1-4-19(16,17)10-6-8-13(15)14(18-3)9-5-7-12(2)11-14/h12H,4-11H2,1-3H3. The normalized spacial score (nSPS) is 28.3. The van der Waals surface area contributed by atoms with Crippen LogP contribution in [0.2, 0.25) is 0 Å². The molecule has 2 unspecified atom stereocenters. The Kier molecular flexibility index (Phi) is 5.99. The molecule has 19 heavy (non-hydrogen) atoms. The van der Waals surface area contributed by atoms with E-state index in [0.717, 1.165) is 25.7 Å². The van der Waals surface area contributed by atoms with Crippen LogP contribution in [0.4, 0.5) is 0 Å². The highest BCUT2D eigenvalue weighted by Gasteiger charge is 2.40. The maximum Gasteiger partial charge on any atom is 0.164 e. The number of ketones is 1. The second kappa shape index (κ2) is 6.84. The van der Waals surface area contributed by atoms with Gasteiger partial charge in [-0.15, -0.1) is 0 Å². The molecule has 4 nitrogen and oxygen atoms in total. The maximum atomic E-state index is 12.4. The van der Waals surface area contributed by atoms with Crippen molar-refractivity contribution in [3.8, 4) is 0 Å². The van der Waals surface area contributed by atoms with Crippen molar-refractivity contribution < 1.29 is 17.9 Å². The summed E-state index contributed by atoms with van der Waals surface area (Å²) in [6, 6.07) is 0. The van der Waals surface area contributed by atoms with Crippen LogP contribution in [-0.2, 0) is 19.4 Å². The van der Waals surface area contributed by atoms with E-state index < -0.39 is 15.4 Å². The van der Waals surface area contributed by atoms with Crippen LogP contribution in [0.3, 0.4) is 0 Å². The van der Waals surface area contributed by atoms with Gasteiger partial charge in [-0.25, -0.2) is 8.42 Å². The quantitative estimate of drug-likeness (QED) is 0.722. The topological polar surface area (TPSA) is 60.4 Å². The largest absolute Gasteiger partial charge is 0.370 e. The van der Waals surface area contributed by atoms with E-state index in [1.165, 1.54) is 0 Å². The second-order valence-corrected chi connectivity index (χ2v) is 8.14. The Bertz CT molecular complexity index is 402. The van der Waals surface area contributed by atoms with Crippen LogP contribution in [0, 0.1) is 5.92 Å². The molecule has 0 aromatic carbocycles. The van der Waals surface area contributed by atoms with Crippen molar-refractivity contribution in [3.05, 3.63) is 0 Å². The molecule has 0 radical (unpaired) electrons. The number of carbonyl (C=O) groups excluding carboxylic acids is 1. The van der Waals surface area contributed by atoms with Gasteiger partial charge < -0.3 is 4.74 Å². The van der Waals surface area contributed by atoms with Gasteiger partial charge in [-0.2, -0.15) is 0 Å². The minimum Gasteiger partial charge on any atom is -0.370 e. The summed E-state index contributed by atoms with van der Waals surface area (Å²) in [5.41, 5.74) is -0.659. The predicted molar refractivity (Wildman–Crippen MR) is 75.9 cm³/mol. The number of methoxy groups -OCH3 is 1. The molecule has 1 aliphatic carbocycles. The fourth-order valence-corrected chi connectivity index (χ4v) is 3.75. The summed E-state index contributed by atoms with van der Waals surface area (Å²) in [6.45, 7) is 3.78. The summed E-state index contributed by atoms with van der Waals surface area (Å²) in [6.07, 6.45) is 4.40. The van der Waals surface area contributed by atoms with Crippen molar-refractivity contribution in [3.63, 3.8) is 0 Å². The van der Waals surface area contributed by atoms with Gasteiger partial charge >= 0.3 is 0 Å². The third kappa shape index (κ3) is 4.56. The summed E-state index contributed by atoms with van der Waals surface area (Å²) in [5, 5.41) is 0. The molecule has 1 aliphatic rings. The summed E-state index contributed by atoms with van der Waals surface area (Å²) in [5.74, 6) is 0.822. The molecule has 0 aromatic rings. The highest BCUT2D eigenvalue weighted by molar-refractivity contribution is 7.91. The first-order valence-electron chi connectivity index (χ1n) is 7.14. The van der Waals surface area contributed by atoms with E-state index in [9.17, 15) is 13.2 Å². The highest BCUT2D eigenvalue weighted by Crippen LogP contribution is 2.36. The number of sulfone groups is 1. The molecule has 112 valence electrons. The number of hydrogen-bond donors (Lipinski definition) is 0. The smallest absolute Gasteiger partial charge is 0.164 e. The summed E-state index contributed by atoms with van der Waals surface area (Å²) in [7, 11) is -1.38. The van der Waals surface area contributed by atoms with Crippen molar-refractivity contribution >= 4 is 15.6 Å². The summed E-state index contributed by atoms with van der Waals surface area (Å²) in [4.78, 5) is 12.4. The first-order valence-corrected chi connectivity index (χ1v) is 8.96. The number of Topliss-reactive ketones (excluding diaryl/α,β-unsaturated/α-hetero) is 1. The van der Waals surface area contributed by atoms with Crippen LogP contribution in [-0.4, -0.2) is 38.4 Å². The molecule has 0 saturated heterocycles. The molecule has 2 atom stereocenters. The first kappa shape index (κ1) is 16.6. The molecule has 0 bridgehead atoms. The van der Waals surface area contributed by atoms with Crippen molar-refractivity contribution in [2.75, 3.05) is 18.6 Å². The van der Waals surface area contributed by atoms with Crippen LogP contribution >= 0.6 is 0 Å². The zero-order valence-electron chi connectivity index (χ0n) is 12.3. The number of rotatable bonds is 7. The van der Waals surface area contributed by atoms with Gasteiger partial charge in [0.15, 0.2) is 5.78 Å². The number of carbonyl (C=O) groups is 1. The van der Waals surface area contributed by atoms with Gasteiger partial charge in [0.05, 0.1) is 5.75 Å². The Labute approximate surface area is 116 Å². The molecule has 0 heterocycles. The van der Waals surface area contributed by atoms with E-state index in [2.05, 4.69) is 6.92 Å². The fourth-order valence-electron chi connectivity index (χ4n) is 2.88. The van der Waals surface area contributed by atoms with Gasteiger partial charge in [0, 0.05) is 19.3 Å². The van der Waals surface area contributed by atoms with E-state index in [1.54, 1.807) is 14.0 Å². The van der Waals surface area contributed by atoms with E-state index in [0.29, 0.717) is 18.8 Å². The molecular weight excluding hydrogens is 264 g/mol. The monoisotopic (exact) mass is 290 g/mol. The Morgan fingerprint density at radius 1 is 1.42 bits per heavy atom. The minimum atomic E-state index is -2.98. The maximum absolute atomic E-state index is 12.4. The van der Waals surface area contributed by atoms with E-state index >= 15 is 0 Å². The van der Waals surface area contributed by atoms with Gasteiger partial charge in [0.2, 0.25) is 0 Å². The number of hydrogen-bond acceptors (Lipinski definition) is 4. The third-order valence-corrected chi connectivity index (χ3v) is 5.94. The molecule has 0 amide bonds. The van der Waals surface area contributed by atoms with Crippen molar-refractivity contribution in [1.29, 1.82) is 0 Å². The zero-order chi connectivity index (χ0) is 14.5. The molecule has 0 spiro atoms. The van der Waals surface area contributed by atoms with Gasteiger partial charge in [-0.1, -0.05) is 20.3 Å². The molecule has 1 fully saturated rings. The highest BCUT2D eigenvalue weighted by atomic mass is 32.2. The Morgan fingerprint density at radius 2 is 2.11 bits per heavy atom. The van der Waals surface area contributed by atoms with E-state index in [-0.39, 0.29) is 17.3 Å². The Balaban J connectivity index is 2.55. The van der Waals surface area contributed by atoms with Crippen LogP contribution in [0.5, 0.6) is 0 Å². The fraction of sp³-hybridized carbons (Fsp3) is 0.929. The van der Waals surface area contributed by atoms with Crippen LogP contribution in [0.15, 0.2) is 0 Å². The van der Waals surface area contributed by atoms with Crippen molar-refractivity contribution in [1.82, 2.24) is 0 Å². The molecule has 0 N–H and O–H groups in total. The summed E-state index contributed by atoms with van der Waals surface area (Å²) < 4.78 is 28.4. The van der Waals surface area contributed by atoms with E-state index in [1.807, 2.05) is 0 Å². The average molecular weight is 290 g/mol. The molecule has 1 saturated carbocycles. The molecular formula is C14H26O4S. The third-order valence-electron chi connectivity index (χ3n) is 4.15. The number of ether oxygens (including phenoxy) is 1.